The van der Waals surface area contributed by atoms with E-state index in [1.165, 1.54) is 161 Å². The molecule has 99 heavy (non-hydrogen) atoms. The Morgan fingerprint density at radius 2 is 0.414 bits per heavy atom. The predicted molar refractivity (Wildman–Crippen MR) is 430 cm³/mol. The van der Waals surface area contributed by atoms with Crippen molar-refractivity contribution in [3.8, 4) is 0 Å². The molecule has 0 radical (unpaired) electrons. The minimum Gasteiger partial charge on any atom is 2.00 e. The summed E-state index contributed by atoms with van der Waals surface area (Å²) in [5, 5.41) is 19.8. The Kier molecular flexibility index (Phi) is 44.5. The third-order valence-corrected chi connectivity index (χ3v) is 20.2. The maximum absolute atomic E-state index is 4.94. The summed E-state index contributed by atoms with van der Waals surface area (Å²) in [5.41, 5.74) is 39.8. The van der Waals surface area contributed by atoms with Gasteiger partial charge in [0.05, 0.1) is 0 Å². The molecule has 6 nitrogen and oxygen atoms in total. The summed E-state index contributed by atoms with van der Waals surface area (Å²) in [5.74, 6) is 0. The van der Waals surface area contributed by atoms with E-state index in [2.05, 4.69) is 308 Å². The van der Waals surface area contributed by atoms with Gasteiger partial charge in [-0.2, -0.15) is 88.0 Å². The van der Waals surface area contributed by atoms with E-state index >= 15 is 0 Å². The van der Waals surface area contributed by atoms with E-state index < -0.39 is 20.8 Å². The van der Waals surface area contributed by atoms with Crippen molar-refractivity contribution in [3.05, 3.63) is 274 Å². The molecule has 0 fully saturated rings. The Balaban J connectivity index is 0. The number of quaternary nitrogens is 2. The second kappa shape index (κ2) is 45.1. The number of hydrogen-bond acceptors (Lipinski definition) is 0. The first-order valence-electron chi connectivity index (χ1n) is 34.4. The molecule has 536 valence electrons. The first-order chi connectivity index (χ1) is 44.4. The van der Waals surface area contributed by atoms with E-state index in [0.29, 0.717) is 0 Å². The number of hydrogen-bond donors (Lipinski definition) is 2. The fraction of sp³-hybridized carbons (Fsp3) is 0.460. The van der Waals surface area contributed by atoms with E-state index in [1.807, 2.05) is 0 Å². The van der Waals surface area contributed by atoms with Gasteiger partial charge < -0.3 is 43.5 Å². The molecule has 12 heteroatoms. The van der Waals surface area contributed by atoms with Gasteiger partial charge in [0.1, 0.15) is 0 Å². The van der Waals surface area contributed by atoms with Crippen LogP contribution < -0.4 is 22.2 Å². The van der Waals surface area contributed by atoms with Crippen molar-refractivity contribution in [1.82, 2.24) is 0 Å². The molecule has 0 bridgehead atoms. The van der Waals surface area contributed by atoms with Gasteiger partial charge in [0.2, 0.25) is 0 Å². The molecule has 2 N–H and O–H groups in total. The molecule has 0 spiro atoms. The van der Waals surface area contributed by atoms with Gasteiger partial charge in [-0.3, -0.25) is 0 Å². The second-order valence-electron chi connectivity index (χ2n) is 29.8. The van der Waals surface area contributed by atoms with Crippen LogP contribution in [0.1, 0.15) is 207 Å². The van der Waals surface area contributed by atoms with Gasteiger partial charge in [-0.15, -0.1) is 59.1 Å². The number of nitrogens with zero attached hydrogens (tertiary/aromatic N) is 4. The van der Waals surface area contributed by atoms with E-state index in [0.717, 1.165) is 69.0 Å². The number of halogens is 3. The van der Waals surface area contributed by atoms with Crippen LogP contribution in [-0.2, 0) is 63.3 Å². The van der Waals surface area contributed by atoms with Crippen LogP contribution in [0.25, 0.3) is 21.3 Å². The van der Waals surface area contributed by atoms with Crippen LogP contribution >= 0.6 is 17.0 Å². The van der Waals surface area contributed by atoms with Gasteiger partial charge in [0.15, 0.2) is 0 Å². The van der Waals surface area contributed by atoms with E-state index in [1.54, 1.807) is 0 Å². The summed E-state index contributed by atoms with van der Waals surface area (Å²) in [6.45, 7) is 82.3. The maximum Gasteiger partial charge on any atom is 4.00 e. The normalized spacial score (nSPS) is 10.8. The summed E-state index contributed by atoms with van der Waals surface area (Å²) < 4.78 is 0. The van der Waals surface area contributed by atoms with Gasteiger partial charge in [0, 0.05) is 26.2 Å². The Morgan fingerprint density at radius 3 is 0.535 bits per heavy atom. The van der Waals surface area contributed by atoms with Crippen molar-refractivity contribution in [2.24, 2.45) is 0 Å². The largest absolute Gasteiger partial charge is 4.00 e. The molecular formula is C87H127Cl3MgN6Zr2. The Bertz CT molecular complexity index is 3040. The van der Waals surface area contributed by atoms with E-state index in [9.17, 15) is 0 Å². The van der Waals surface area contributed by atoms with E-state index in [4.69, 9.17) is 38.3 Å². The van der Waals surface area contributed by atoms with Crippen LogP contribution in [0.5, 0.6) is 0 Å². The first kappa shape index (κ1) is 97.7. The smallest absolute Gasteiger partial charge is 2.00 e. The van der Waals surface area contributed by atoms with Crippen LogP contribution in [0.4, 0.5) is 22.7 Å². The molecule has 0 saturated heterocycles. The van der Waals surface area contributed by atoms with Crippen LogP contribution in [0.15, 0.2) is 72.8 Å². The van der Waals surface area contributed by atoms with Crippen LogP contribution in [0.2, 0.25) is 0 Å². The second-order valence-corrected chi connectivity index (χ2v) is 33.6. The molecule has 0 aromatic heterocycles. The fourth-order valence-corrected chi connectivity index (χ4v) is 11.4. The van der Waals surface area contributed by atoms with Gasteiger partial charge in [-0.1, -0.05) is 150 Å². The SMILES string of the molecule is [CH2-][NH+](CC[N-]c1c(C)c(C)c(C)c(C)c1C)CC[N-]c1c(C)c(C)c(C)c(C)c1C.[CH2-][NH+](CC[N-]c1c(C)c(C)c(C)c(C)c1C)CC[N-]c1c(C)c(C)c(C)c(C)c1C.[CH2-]c1ccc(C(C)(C)C)cc1.[CH2-]c1ccc(C(C)(C)C)cc1.[CH2-]c1ccc(C(C)(C)C)cc1.[Cl-].[Cl][Zr+2][Cl].[Mg+2].[Zr+4]. The van der Waals surface area contributed by atoms with E-state index in [-0.39, 0.29) is 77.9 Å². The molecule has 0 atom stereocenters. The summed E-state index contributed by atoms with van der Waals surface area (Å²) in [4.78, 5) is 2.46. The summed E-state index contributed by atoms with van der Waals surface area (Å²) in [7, 11) is 18.4. The molecular weight excluding hydrogens is 1440 g/mol. The molecule has 0 aliphatic carbocycles. The average Bonchev–Trinajstić information content (AvgIpc) is 0.780. The molecule has 0 amide bonds. The molecule has 7 aromatic rings. The Labute approximate surface area is 668 Å². The van der Waals surface area contributed by atoms with Crippen LogP contribution in [0, 0.1) is 173 Å². The minimum atomic E-state index is -0.826. The quantitative estimate of drug-likeness (QED) is 0.0715. The molecule has 0 heterocycles. The zero-order chi connectivity index (χ0) is 73.7. The van der Waals surface area contributed by atoms with Crippen LogP contribution in [0.3, 0.4) is 0 Å². The van der Waals surface area contributed by atoms with Crippen LogP contribution in [-0.4, -0.2) is 75.4 Å². The summed E-state index contributed by atoms with van der Waals surface area (Å²) >= 11 is -0.826. The van der Waals surface area contributed by atoms with Crippen molar-refractivity contribution in [2.75, 3.05) is 52.4 Å². The molecule has 0 aliphatic heterocycles. The van der Waals surface area contributed by atoms with Gasteiger partial charge in [-0.25, -0.2) is 0 Å². The molecule has 7 rings (SSSR count). The predicted octanol–water partition coefficient (Wildman–Crippen LogP) is 19.8. The summed E-state index contributed by atoms with van der Waals surface area (Å²) in [6.07, 6.45) is 0. The Morgan fingerprint density at radius 1 is 0.293 bits per heavy atom. The fourth-order valence-electron chi connectivity index (χ4n) is 11.4. The van der Waals surface area contributed by atoms with Crippen molar-refractivity contribution in [3.63, 3.8) is 0 Å². The molecule has 0 saturated carbocycles. The molecule has 0 aliphatic rings. The minimum absolute atomic E-state index is 0. The average molecular weight is 1570 g/mol. The first-order valence-corrected chi connectivity index (χ1v) is 40.8. The third-order valence-electron chi connectivity index (χ3n) is 20.2. The Hall–Kier alpha value is -3.33. The van der Waals surface area contributed by atoms with Crippen molar-refractivity contribution < 1.29 is 69.3 Å². The monoisotopic (exact) mass is 1560 g/mol. The van der Waals surface area contributed by atoms with Crippen molar-refractivity contribution in [2.45, 2.75) is 217 Å². The van der Waals surface area contributed by atoms with Gasteiger partial charge >= 0.3 is 87.1 Å². The van der Waals surface area contributed by atoms with Gasteiger partial charge in [-0.05, 0) is 221 Å². The number of rotatable bonds is 16. The summed E-state index contributed by atoms with van der Waals surface area (Å²) in [6, 6.07) is 25.2. The number of nitrogens with one attached hydrogen (secondary N) is 2. The van der Waals surface area contributed by atoms with Crippen molar-refractivity contribution in [1.29, 1.82) is 0 Å². The molecule has 0 unspecified atom stereocenters. The molecule has 7 aromatic carbocycles. The maximum atomic E-state index is 4.94. The topological polar surface area (TPSA) is 65.3 Å². The zero-order valence-corrected chi connectivity index (χ0v) is 75.8. The standard InChI is InChI=1S/2C27H41N3.3C11H15.3ClH.Mg.2Zr/c2*1-16-18(3)22(7)26(23(8)19(16)4)28-12-14-30(11)15-13-29-27-24(9)20(5)17(2)21(6)25(27)10;3*1-9-5-7-10(8-6-9)11(2,3)4;;;;;;/h2*30H,11-15H2,1-10H3;3*5-8H,1H2,2-4H3;3*1H;;;/q2*-2;3*-1;;;;+2;2*+4/p-3. The third kappa shape index (κ3) is 30.0. The zero-order valence-electron chi connectivity index (χ0n) is 67.3. The van der Waals surface area contributed by atoms with Gasteiger partial charge in [0.25, 0.3) is 0 Å². The van der Waals surface area contributed by atoms with Crippen molar-refractivity contribution >= 4 is 62.8 Å². The number of benzene rings is 7.